The zero-order valence-electron chi connectivity index (χ0n) is 11.4. The lowest BCUT2D eigenvalue weighted by atomic mass is 10.5. The molecule has 100 valence electrons. The third kappa shape index (κ3) is 36.9. The summed E-state index contributed by atoms with van der Waals surface area (Å²) in [4.78, 5) is 19.9. The molecule has 0 spiro atoms. The first-order valence-electron chi connectivity index (χ1n) is 4.97. The van der Waals surface area contributed by atoms with E-state index < -0.39 is 7.82 Å². The third-order valence-corrected chi connectivity index (χ3v) is 1.51. The van der Waals surface area contributed by atoms with E-state index in [-0.39, 0.29) is 6.61 Å². The largest absolute Gasteiger partial charge is 0.790 e. The van der Waals surface area contributed by atoms with Gasteiger partial charge in [-0.25, -0.2) is 0 Å². The van der Waals surface area contributed by atoms with Crippen LogP contribution < -0.4 is 9.79 Å². The fraction of sp³-hybridized carbons (Fsp3) is 1.00. The molecule has 0 radical (unpaired) electrons. The minimum absolute atomic E-state index is 0.0478. The molecule has 0 aromatic heterocycles. The molecule has 0 amide bonds. The Labute approximate surface area is 98.9 Å². The first-order valence-corrected chi connectivity index (χ1v) is 6.43. The summed E-state index contributed by atoms with van der Waals surface area (Å²) in [5.41, 5.74) is 0. The molecule has 0 aromatic rings. The lowest BCUT2D eigenvalue weighted by Gasteiger charge is -2.31. The first kappa shape index (κ1) is 18.4. The summed E-state index contributed by atoms with van der Waals surface area (Å²) in [6.45, 7) is 0.447. The van der Waals surface area contributed by atoms with Crippen molar-refractivity contribution in [2.75, 3.05) is 62.5 Å². The predicted molar refractivity (Wildman–Crippen MR) is 60.4 cm³/mol. The number of hydrogen-bond donors (Lipinski definition) is 0. The highest BCUT2D eigenvalue weighted by Gasteiger charge is 2.05. The lowest BCUT2D eigenvalue weighted by Crippen LogP contribution is -2.38. The van der Waals surface area contributed by atoms with E-state index in [9.17, 15) is 14.4 Å². The molecule has 0 saturated carbocycles. The summed E-state index contributed by atoms with van der Waals surface area (Å²) in [5.74, 6) is 0. The van der Waals surface area contributed by atoms with Gasteiger partial charge in [-0.05, 0) is 0 Å². The van der Waals surface area contributed by atoms with E-state index in [1.165, 1.54) is 0 Å². The van der Waals surface area contributed by atoms with Crippen LogP contribution in [-0.4, -0.2) is 71.5 Å². The molecule has 0 atom stereocenters. The predicted octanol–water partition coefficient (Wildman–Crippen LogP) is -1.14. The van der Waals surface area contributed by atoms with E-state index in [0.29, 0.717) is 11.0 Å². The minimum Gasteiger partial charge on any atom is -0.790 e. The molecule has 0 rings (SSSR count). The summed E-state index contributed by atoms with van der Waals surface area (Å²) in [6.07, 6.45) is 0. The number of nitrogens with zero attached hydrogens (tertiary/aromatic N) is 2. The van der Waals surface area contributed by atoms with Crippen molar-refractivity contribution in [1.29, 1.82) is 0 Å². The Hall–Kier alpha value is 0.0300. The Morgan fingerprint density at radius 2 is 1.31 bits per heavy atom. The normalized spacial score (nSPS) is 13.1. The lowest BCUT2D eigenvalue weighted by molar-refractivity contribution is -0.870. The topological polar surface area (TPSA) is 72.4 Å². The summed E-state index contributed by atoms with van der Waals surface area (Å²) in [5, 5.41) is 0. The van der Waals surface area contributed by atoms with Gasteiger partial charge in [0.2, 0.25) is 0 Å². The van der Waals surface area contributed by atoms with Gasteiger partial charge in [0, 0.05) is 0 Å². The number of phosphoric ester groups is 1. The van der Waals surface area contributed by atoms with Crippen molar-refractivity contribution in [3.63, 3.8) is 0 Å². The van der Waals surface area contributed by atoms with Crippen molar-refractivity contribution in [3.8, 4) is 0 Å². The van der Waals surface area contributed by atoms with Crippen molar-refractivity contribution in [2.45, 2.75) is 0 Å². The Morgan fingerprint density at radius 3 is 1.50 bits per heavy atom. The van der Waals surface area contributed by atoms with Gasteiger partial charge >= 0.3 is 0 Å². The van der Waals surface area contributed by atoms with E-state index in [1.807, 2.05) is 21.1 Å². The number of hydrogen-bond acceptors (Lipinski definition) is 4. The van der Waals surface area contributed by atoms with Crippen LogP contribution in [0, 0.1) is 0 Å². The van der Waals surface area contributed by atoms with Crippen LogP contribution in [0.3, 0.4) is 0 Å². The van der Waals surface area contributed by atoms with E-state index in [2.05, 4.69) is 32.7 Å². The van der Waals surface area contributed by atoms with Crippen LogP contribution in [0.5, 0.6) is 0 Å². The van der Waals surface area contributed by atoms with Gasteiger partial charge < -0.3 is 27.8 Å². The molecule has 0 saturated heterocycles. The van der Waals surface area contributed by atoms with E-state index in [1.54, 1.807) is 0 Å². The zero-order chi connectivity index (χ0) is 13.6. The maximum absolute atomic E-state index is 9.96. The highest BCUT2D eigenvalue weighted by Crippen LogP contribution is 2.23. The van der Waals surface area contributed by atoms with Gasteiger partial charge in [-0.1, -0.05) is 0 Å². The smallest absolute Gasteiger partial charge is 0.102 e. The fourth-order valence-electron chi connectivity index (χ4n) is 0.426. The molecule has 0 bridgehead atoms. The van der Waals surface area contributed by atoms with Crippen molar-refractivity contribution in [3.05, 3.63) is 0 Å². The second kappa shape index (κ2) is 6.69. The quantitative estimate of drug-likeness (QED) is 0.471. The fourth-order valence-corrected chi connectivity index (χ4v) is 0.732. The summed E-state index contributed by atoms with van der Waals surface area (Å²) in [7, 11) is 9.37. The second-order valence-electron chi connectivity index (χ2n) is 5.98. The van der Waals surface area contributed by atoms with Gasteiger partial charge in [0.25, 0.3) is 0 Å². The van der Waals surface area contributed by atoms with Gasteiger partial charge in [-0.2, -0.15) is 0 Å². The Balaban J connectivity index is 0. The van der Waals surface area contributed by atoms with Crippen LogP contribution in [0.15, 0.2) is 0 Å². The Bertz CT molecular complexity index is 221. The van der Waals surface area contributed by atoms with Crippen molar-refractivity contribution >= 4 is 7.82 Å². The average Bonchev–Trinajstić information content (AvgIpc) is 1.74. The molecule has 7 heteroatoms. The molecule has 6 nitrogen and oxygen atoms in total. The van der Waals surface area contributed by atoms with Gasteiger partial charge in [0.15, 0.2) is 0 Å². The van der Waals surface area contributed by atoms with Crippen LogP contribution in [0.4, 0.5) is 0 Å². The molecule has 0 aliphatic rings. The van der Waals surface area contributed by atoms with Gasteiger partial charge in [0.1, 0.15) is 13.2 Å². The summed E-state index contributed by atoms with van der Waals surface area (Å²) < 4.78 is 15.6. The van der Waals surface area contributed by atoms with E-state index >= 15 is 0 Å². The molecule has 0 N–H and O–H groups in total. The molecule has 16 heavy (non-hydrogen) atoms. The molecule has 0 aromatic carbocycles. The number of phosphoric acid groups is 1. The van der Waals surface area contributed by atoms with E-state index in [4.69, 9.17) is 0 Å². The van der Waals surface area contributed by atoms with Gasteiger partial charge in [-0.3, -0.25) is 0 Å². The van der Waals surface area contributed by atoms with Crippen LogP contribution >= 0.6 is 7.82 Å². The zero-order valence-corrected chi connectivity index (χ0v) is 12.3. The Morgan fingerprint density at radius 1 is 1.00 bits per heavy atom. The minimum atomic E-state index is -4.76. The number of likely N-dealkylation sites (N-methyl/N-ethyl adjacent to an activating group) is 1. The Kier molecular flexibility index (Phi) is 7.69. The highest BCUT2D eigenvalue weighted by molar-refractivity contribution is 7.43. The molecule has 0 aliphatic carbocycles. The molecule has 0 aliphatic heterocycles. The summed E-state index contributed by atoms with van der Waals surface area (Å²) >= 11 is 0. The number of quaternary nitrogens is 2. The SMILES string of the molecule is C[N+](C)(C)C.C[N+](C)(C)CCOP(=O)([O-])[O-]. The molecule has 0 heterocycles. The van der Waals surface area contributed by atoms with Gasteiger partial charge in [0.05, 0.1) is 57.2 Å². The van der Waals surface area contributed by atoms with Crippen LogP contribution in [-0.2, 0) is 9.09 Å². The standard InChI is InChI=1S/C5H14NO4P.C4H12N/c1-6(2,3)4-5-10-11(7,8)9;1-5(2,3)4/h4-5H2,1-3H3,(H-,7,8,9);1-4H3/q;+1/p-1. The van der Waals surface area contributed by atoms with Crippen LogP contribution in [0.1, 0.15) is 0 Å². The molecule has 0 unspecified atom stereocenters. The molecule has 0 fully saturated rings. The van der Waals surface area contributed by atoms with E-state index in [0.717, 1.165) is 4.48 Å². The van der Waals surface area contributed by atoms with Crippen molar-refractivity contribution in [2.24, 2.45) is 0 Å². The van der Waals surface area contributed by atoms with Crippen molar-refractivity contribution < 1.29 is 27.8 Å². The van der Waals surface area contributed by atoms with Gasteiger partial charge in [-0.15, -0.1) is 0 Å². The van der Waals surface area contributed by atoms with Crippen LogP contribution in [0.2, 0.25) is 0 Å². The average molecular weight is 256 g/mol. The third-order valence-electron chi connectivity index (χ3n) is 1.01. The number of rotatable bonds is 4. The molecular formula is C9H25N2O4P. The first-order chi connectivity index (χ1) is 6.71. The second-order valence-corrected chi connectivity index (χ2v) is 7.13. The summed E-state index contributed by atoms with van der Waals surface area (Å²) in [6, 6.07) is 0. The maximum Gasteiger partial charge on any atom is 0.102 e. The highest BCUT2D eigenvalue weighted by atomic mass is 31.2. The molecular weight excluding hydrogens is 231 g/mol. The van der Waals surface area contributed by atoms with Crippen LogP contribution in [0.25, 0.3) is 0 Å². The monoisotopic (exact) mass is 256 g/mol. The van der Waals surface area contributed by atoms with Crippen molar-refractivity contribution in [1.82, 2.24) is 0 Å². The maximum atomic E-state index is 9.96.